The fourth-order valence-corrected chi connectivity index (χ4v) is 2.75. The van der Waals surface area contributed by atoms with Gasteiger partial charge in [-0.15, -0.1) is 0 Å². The SMILES string of the molecule is CCC(C)NC(=NC)NCC1CN2CCCC2CO1. The Morgan fingerprint density at radius 2 is 2.37 bits per heavy atom. The highest BCUT2D eigenvalue weighted by atomic mass is 16.5. The summed E-state index contributed by atoms with van der Waals surface area (Å²) in [5.41, 5.74) is 0. The molecule has 0 bridgehead atoms. The zero-order valence-corrected chi connectivity index (χ0v) is 12.5. The van der Waals surface area contributed by atoms with Gasteiger partial charge in [0.2, 0.25) is 0 Å². The lowest BCUT2D eigenvalue weighted by Gasteiger charge is -2.35. The van der Waals surface area contributed by atoms with Crippen LogP contribution in [0.15, 0.2) is 4.99 Å². The largest absolute Gasteiger partial charge is 0.373 e. The molecule has 3 atom stereocenters. The molecule has 19 heavy (non-hydrogen) atoms. The molecule has 2 aliphatic rings. The first-order valence-corrected chi connectivity index (χ1v) is 7.55. The highest BCUT2D eigenvalue weighted by molar-refractivity contribution is 5.79. The van der Waals surface area contributed by atoms with E-state index in [1.807, 2.05) is 7.05 Å². The number of guanidine groups is 1. The van der Waals surface area contributed by atoms with Gasteiger partial charge >= 0.3 is 0 Å². The second kappa shape index (κ2) is 7.10. The molecule has 2 N–H and O–H groups in total. The molecule has 0 aromatic heterocycles. The highest BCUT2D eigenvalue weighted by Crippen LogP contribution is 2.22. The molecule has 0 aromatic carbocycles. The highest BCUT2D eigenvalue weighted by Gasteiger charge is 2.32. The average Bonchev–Trinajstić information content (AvgIpc) is 2.90. The molecule has 2 fully saturated rings. The van der Waals surface area contributed by atoms with Crippen LogP contribution in [0.5, 0.6) is 0 Å². The predicted molar refractivity (Wildman–Crippen MR) is 78.6 cm³/mol. The van der Waals surface area contributed by atoms with Gasteiger partial charge in [0.15, 0.2) is 5.96 Å². The van der Waals surface area contributed by atoms with Crippen LogP contribution in [0.2, 0.25) is 0 Å². The van der Waals surface area contributed by atoms with Crippen molar-refractivity contribution >= 4 is 5.96 Å². The summed E-state index contributed by atoms with van der Waals surface area (Å²) in [4.78, 5) is 6.82. The van der Waals surface area contributed by atoms with Crippen LogP contribution in [-0.4, -0.2) is 62.3 Å². The molecule has 2 saturated heterocycles. The van der Waals surface area contributed by atoms with Gasteiger partial charge in [-0.05, 0) is 32.7 Å². The Bertz CT molecular complexity index is 308. The van der Waals surface area contributed by atoms with Crippen molar-refractivity contribution < 1.29 is 4.74 Å². The number of hydrogen-bond donors (Lipinski definition) is 2. The van der Waals surface area contributed by atoms with Crippen LogP contribution < -0.4 is 10.6 Å². The van der Waals surface area contributed by atoms with Gasteiger partial charge < -0.3 is 15.4 Å². The van der Waals surface area contributed by atoms with Crippen molar-refractivity contribution in [3.63, 3.8) is 0 Å². The molecule has 0 aliphatic carbocycles. The van der Waals surface area contributed by atoms with E-state index in [-0.39, 0.29) is 6.10 Å². The van der Waals surface area contributed by atoms with E-state index in [2.05, 4.69) is 34.4 Å². The molecule has 110 valence electrons. The first kappa shape index (κ1) is 14.6. The summed E-state index contributed by atoms with van der Waals surface area (Å²) in [6, 6.07) is 1.12. The Hall–Kier alpha value is -0.810. The monoisotopic (exact) mass is 268 g/mol. The van der Waals surface area contributed by atoms with Crippen molar-refractivity contribution in [2.24, 2.45) is 4.99 Å². The van der Waals surface area contributed by atoms with E-state index >= 15 is 0 Å². The van der Waals surface area contributed by atoms with Crippen molar-refractivity contribution in [2.45, 2.75) is 51.3 Å². The fourth-order valence-electron chi connectivity index (χ4n) is 2.75. The molecule has 0 aromatic rings. The molecule has 0 amide bonds. The number of aliphatic imine (C=N–C) groups is 1. The predicted octanol–water partition coefficient (Wildman–Crippen LogP) is 0.813. The van der Waals surface area contributed by atoms with Gasteiger partial charge in [0.25, 0.3) is 0 Å². The summed E-state index contributed by atoms with van der Waals surface area (Å²) in [7, 11) is 1.82. The van der Waals surface area contributed by atoms with E-state index in [4.69, 9.17) is 4.74 Å². The number of rotatable bonds is 4. The molecule has 0 spiro atoms. The van der Waals surface area contributed by atoms with Gasteiger partial charge in [0, 0.05) is 32.2 Å². The van der Waals surface area contributed by atoms with E-state index in [1.165, 1.54) is 19.4 Å². The second-order valence-corrected chi connectivity index (χ2v) is 5.65. The first-order valence-electron chi connectivity index (χ1n) is 7.55. The molecule has 5 nitrogen and oxygen atoms in total. The number of morpholine rings is 1. The zero-order chi connectivity index (χ0) is 13.7. The number of fused-ring (bicyclic) bond motifs is 1. The number of hydrogen-bond acceptors (Lipinski definition) is 3. The van der Waals surface area contributed by atoms with Crippen LogP contribution in [0.4, 0.5) is 0 Å². The van der Waals surface area contributed by atoms with E-state index in [0.717, 1.165) is 32.1 Å². The van der Waals surface area contributed by atoms with Crippen LogP contribution in [0.1, 0.15) is 33.1 Å². The van der Waals surface area contributed by atoms with Gasteiger partial charge in [-0.2, -0.15) is 0 Å². The molecular weight excluding hydrogens is 240 g/mol. The zero-order valence-electron chi connectivity index (χ0n) is 12.5. The lowest BCUT2D eigenvalue weighted by molar-refractivity contribution is -0.0453. The van der Waals surface area contributed by atoms with E-state index < -0.39 is 0 Å². The van der Waals surface area contributed by atoms with Crippen molar-refractivity contribution in [3.8, 4) is 0 Å². The Morgan fingerprint density at radius 3 is 3.11 bits per heavy atom. The molecule has 0 saturated carbocycles. The molecule has 5 heteroatoms. The van der Waals surface area contributed by atoms with E-state index in [9.17, 15) is 0 Å². The standard InChI is InChI=1S/C14H28N4O/c1-4-11(2)17-14(15-3)16-8-13-9-18-7-5-6-12(18)10-19-13/h11-13H,4-10H2,1-3H3,(H2,15,16,17). The Balaban J connectivity index is 1.72. The Kier molecular flexibility index (Phi) is 5.45. The Morgan fingerprint density at radius 1 is 1.53 bits per heavy atom. The second-order valence-electron chi connectivity index (χ2n) is 5.65. The lowest BCUT2D eigenvalue weighted by Crippen LogP contribution is -2.52. The average molecular weight is 268 g/mol. The molecule has 2 rings (SSSR count). The van der Waals surface area contributed by atoms with E-state index in [1.54, 1.807) is 0 Å². The van der Waals surface area contributed by atoms with Gasteiger partial charge in [-0.25, -0.2) is 0 Å². The lowest BCUT2D eigenvalue weighted by atomic mass is 10.2. The third-order valence-electron chi connectivity index (χ3n) is 4.18. The van der Waals surface area contributed by atoms with Gasteiger partial charge in [-0.3, -0.25) is 9.89 Å². The van der Waals surface area contributed by atoms with Crippen molar-refractivity contribution in [1.82, 2.24) is 15.5 Å². The normalized spacial score (nSPS) is 29.9. The van der Waals surface area contributed by atoms with Gasteiger partial charge in [0.1, 0.15) is 0 Å². The minimum atomic E-state index is 0.282. The minimum Gasteiger partial charge on any atom is -0.373 e. The summed E-state index contributed by atoms with van der Waals surface area (Å²) in [6.45, 7) is 8.35. The summed E-state index contributed by atoms with van der Waals surface area (Å²) in [5.74, 6) is 0.876. The number of ether oxygens (including phenoxy) is 1. The smallest absolute Gasteiger partial charge is 0.191 e. The number of nitrogens with zero attached hydrogens (tertiary/aromatic N) is 2. The minimum absolute atomic E-state index is 0.282. The molecule has 0 radical (unpaired) electrons. The quantitative estimate of drug-likeness (QED) is 0.585. The third-order valence-corrected chi connectivity index (χ3v) is 4.18. The maximum absolute atomic E-state index is 5.93. The molecular formula is C14H28N4O. The molecule has 3 unspecified atom stereocenters. The molecule has 2 aliphatic heterocycles. The summed E-state index contributed by atoms with van der Waals surface area (Å²) in [6.07, 6.45) is 4.00. The first-order chi connectivity index (χ1) is 9.22. The van der Waals surface area contributed by atoms with Crippen molar-refractivity contribution in [3.05, 3.63) is 0 Å². The van der Waals surface area contributed by atoms with Crippen LogP contribution >= 0.6 is 0 Å². The maximum Gasteiger partial charge on any atom is 0.191 e. The summed E-state index contributed by atoms with van der Waals surface area (Å²) < 4.78 is 5.93. The van der Waals surface area contributed by atoms with Crippen LogP contribution in [0.3, 0.4) is 0 Å². The summed E-state index contributed by atoms with van der Waals surface area (Å²) in [5, 5.41) is 6.74. The van der Waals surface area contributed by atoms with Crippen LogP contribution in [0.25, 0.3) is 0 Å². The van der Waals surface area contributed by atoms with Crippen molar-refractivity contribution in [2.75, 3.05) is 33.3 Å². The van der Waals surface area contributed by atoms with E-state index in [0.29, 0.717) is 12.1 Å². The maximum atomic E-state index is 5.93. The summed E-state index contributed by atoms with van der Waals surface area (Å²) >= 11 is 0. The topological polar surface area (TPSA) is 48.9 Å². The molecule has 2 heterocycles. The van der Waals surface area contributed by atoms with Crippen LogP contribution in [-0.2, 0) is 4.74 Å². The fraction of sp³-hybridized carbons (Fsp3) is 0.929. The third kappa shape index (κ3) is 4.08. The van der Waals surface area contributed by atoms with Crippen molar-refractivity contribution in [1.29, 1.82) is 0 Å². The van der Waals surface area contributed by atoms with Gasteiger partial charge in [0.05, 0.1) is 12.7 Å². The number of nitrogens with one attached hydrogen (secondary N) is 2. The van der Waals surface area contributed by atoms with Gasteiger partial charge in [-0.1, -0.05) is 6.92 Å². The van der Waals surface area contributed by atoms with Crippen LogP contribution in [0, 0.1) is 0 Å². The Labute approximate surface area is 116 Å².